The summed E-state index contributed by atoms with van der Waals surface area (Å²) in [7, 11) is 1.71. The van der Waals surface area contributed by atoms with E-state index in [9.17, 15) is 9.59 Å². The minimum atomic E-state index is -1.10. The zero-order valence-electron chi connectivity index (χ0n) is 10.2. The van der Waals surface area contributed by atoms with Gasteiger partial charge < -0.3 is 9.47 Å². The summed E-state index contributed by atoms with van der Waals surface area (Å²) in [5.74, 6) is -2.37. The lowest BCUT2D eigenvalue weighted by molar-refractivity contribution is -0.157. The molecule has 0 bridgehead atoms. The van der Waals surface area contributed by atoms with Crippen molar-refractivity contribution in [1.29, 1.82) is 0 Å². The molecule has 6 nitrogen and oxygen atoms in total. The first-order valence-electron chi connectivity index (χ1n) is 5.43. The molecule has 0 aliphatic carbocycles. The molecule has 0 aliphatic rings. The van der Waals surface area contributed by atoms with E-state index in [-0.39, 0.29) is 13.2 Å². The van der Waals surface area contributed by atoms with Crippen LogP contribution in [0.25, 0.3) is 0 Å². The maximum Gasteiger partial charge on any atom is 0.326 e. The van der Waals surface area contributed by atoms with Gasteiger partial charge in [0.05, 0.1) is 18.9 Å². The number of carbonyl (C=O) groups is 2. The summed E-state index contributed by atoms with van der Waals surface area (Å²) < 4.78 is 11.2. The summed E-state index contributed by atoms with van der Waals surface area (Å²) >= 11 is 0. The van der Waals surface area contributed by atoms with Crippen LogP contribution in [0.3, 0.4) is 0 Å². The van der Waals surface area contributed by atoms with Crippen molar-refractivity contribution in [2.45, 2.75) is 19.8 Å². The molecule has 0 amide bonds. The van der Waals surface area contributed by atoms with Gasteiger partial charge in [-0.25, -0.2) is 0 Å². The lowest BCUT2D eigenvalue weighted by Crippen LogP contribution is -2.26. The van der Waals surface area contributed by atoms with Gasteiger partial charge in [-0.2, -0.15) is 5.10 Å². The van der Waals surface area contributed by atoms with Gasteiger partial charge in [0, 0.05) is 13.2 Å². The number of nitrogens with zero attached hydrogens (tertiary/aromatic N) is 2. The maximum absolute atomic E-state index is 11.7. The molecule has 1 aromatic heterocycles. The highest BCUT2D eigenvalue weighted by Gasteiger charge is 2.33. The summed E-state index contributed by atoms with van der Waals surface area (Å²) in [4.78, 5) is 23.4. The van der Waals surface area contributed by atoms with Crippen LogP contribution in [0.1, 0.15) is 25.5 Å². The highest BCUT2D eigenvalue weighted by molar-refractivity contribution is 6.00. The lowest BCUT2D eigenvalue weighted by atomic mass is 10.1. The van der Waals surface area contributed by atoms with E-state index >= 15 is 0 Å². The Morgan fingerprint density at radius 3 is 2.18 bits per heavy atom. The van der Waals surface area contributed by atoms with E-state index in [0.717, 1.165) is 0 Å². The highest BCUT2D eigenvalue weighted by Crippen LogP contribution is 2.17. The lowest BCUT2D eigenvalue weighted by Gasteiger charge is -2.11. The third-order valence-corrected chi connectivity index (χ3v) is 2.07. The SMILES string of the molecule is CCOC(=O)C(C(=O)OCC)c1ccn(C)n1. The Morgan fingerprint density at radius 1 is 1.29 bits per heavy atom. The molecule has 1 rings (SSSR count). The number of ether oxygens (including phenoxy) is 2. The van der Waals surface area contributed by atoms with Gasteiger partial charge in [-0.3, -0.25) is 14.3 Å². The molecule has 0 saturated carbocycles. The fourth-order valence-electron chi connectivity index (χ4n) is 1.38. The molecule has 0 spiro atoms. The minimum Gasteiger partial charge on any atom is -0.465 e. The van der Waals surface area contributed by atoms with E-state index < -0.39 is 17.9 Å². The average molecular weight is 240 g/mol. The molecule has 0 atom stereocenters. The number of aryl methyl sites for hydroxylation is 1. The quantitative estimate of drug-likeness (QED) is 0.557. The molecule has 0 unspecified atom stereocenters. The summed E-state index contributed by atoms with van der Waals surface area (Å²) in [6, 6.07) is 1.60. The van der Waals surface area contributed by atoms with Crippen molar-refractivity contribution in [3.8, 4) is 0 Å². The molecular weight excluding hydrogens is 224 g/mol. The first-order valence-corrected chi connectivity index (χ1v) is 5.43. The van der Waals surface area contributed by atoms with Crippen molar-refractivity contribution >= 4 is 11.9 Å². The number of carbonyl (C=O) groups excluding carboxylic acids is 2. The van der Waals surface area contributed by atoms with E-state index in [1.54, 1.807) is 33.2 Å². The third kappa shape index (κ3) is 3.30. The summed E-state index contributed by atoms with van der Waals surface area (Å²) in [5, 5.41) is 4.03. The van der Waals surface area contributed by atoms with Gasteiger partial charge in [0.1, 0.15) is 0 Å². The zero-order chi connectivity index (χ0) is 12.8. The van der Waals surface area contributed by atoms with Crippen molar-refractivity contribution < 1.29 is 19.1 Å². The Bertz CT molecular complexity index is 382. The van der Waals surface area contributed by atoms with Crippen LogP contribution < -0.4 is 0 Å². The molecule has 1 heterocycles. The Labute approximate surface area is 99.5 Å². The van der Waals surface area contributed by atoms with Crippen molar-refractivity contribution in [1.82, 2.24) is 9.78 Å². The number of rotatable bonds is 5. The number of aromatic nitrogens is 2. The van der Waals surface area contributed by atoms with Gasteiger partial charge >= 0.3 is 11.9 Å². The molecule has 1 aromatic rings. The van der Waals surface area contributed by atoms with Crippen LogP contribution in [-0.2, 0) is 26.1 Å². The predicted octanol–water partition coefficient (Wildman–Crippen LogP) is 0.630. The highest BCUT2D eigenvalue weighted by atomic mass is 16.6. The van der Waals surface area contributed by atoms with E-state index in [4.69, 9.17) is 9.47 Å². The number of hydrogen-bond donors (Lipinski definition) is 0. The van der Waals surface area contributed by atoms with E-state index in [1.807, 2.05) is 0 Å². The zero-order valence-corrected chi connectivity index (χ0v) is 10.2. The van der Waals surface area contributed by atoms with Crippen LogP contribution in [0.4, 0.5) is 0 Å². The summed E-state index contributed by atoms with van der Waals surface area (Å²) in [5.41, 5.74) is 0.337. The summed E-state index contributed by atoms with van der Waals surface area (Å²) in [6.45, 7) is 3.78. The van der Waals surface area contributed by atoms with Crippen LogP contribution in [0, 0.1) is 0 Å². The van der Waals surface area contributed by atoms with E-state index in [0.29, 0.717) is 5.69 Å². The normalized spacial score (nSPS) is 10.4. The molecule has 0 radical (unpaired) electrons. The van der Waals surface area contributed by atoms with Crippen LogP contribution in [-0.4, -0.2) is 34.9 Å². The Kier molecular flexibility index (Phi) is 4.68. The fourth-order valence-corrected chi connectivity index (χ4v) is 1.38. The van der Waals surface area contributed by atoms with Gasteiger partial charge in [-0.1, -0.05) is 0 Å². The monoisotopic (exact) mass is 240 g/mol. The molecule has 94 valence electrons. The molecule has 0 aliphatic heterocycles. The Morgan fingerprint density at radius 2 is 1.82 bits per heavy atom. The first-order chi connectivity index (χ1) is 8.10. The standard InChI is InChI=1S/C11H16N2O4/c1-4-16-10(14)9(11(15)17-5-2)8-6-7-13(3)12-8/h6-7,9H,4-5H2,1-3H3. The van der Waals surface area contributed by atoms with Crippen LogP contribution in [0.5, 0.6) is 0 Å². The molecule has 6 heteroatoms. The molecule has 0 aromatic carbocycles. The molecule has 17 heavy (non-hydrogen) atoms. The van der Waals surface area contributed by atoms with Gasteiger partial charge in [-0.05, 0) is 19.9 Å². The van der Waals surface area contributed by atoms with Crippen molar-refractivity contribution in [2.24, 2.45) is 7.05 Å². The average Bonchev–Trinajstić information content (AvgIpc) is 2.66. The van der Waals surface area contributed by atoms with Gasteiger partial charge in [0.25, 0.3) is 0 Å². The van der Waals surface area contributed by atoms with Crippen molar-refractivity contribution in [3.63, 3.8) is 0 Å². The minimum absolute atomic E-state index is 0.210. The van der Waals surface area contributed by atoms with Gasteiger partial charge in [0.2, 0.25) is 0 Å². The first kappa shape index (κ1) is 13.2. The van der Waals surface area contributed by atoms with Gasteiger partial charge in [-0.15, -0.1) is 0 Å². The fraction of sp³-hybridized carbons (Fsp3) is 0.545. The largest absolute Gasteiger partial charge is 0.465 e. The Hall–Kier alpha value is -1.85. The molecular formula is C11H16N2O4. The van der Waals surface area contributed by atoms with E-state index in [1.165, 1.54) is 4.68 Å². The smallest absolute Gasteiger partial charge is 0.326 e. The second kappa shape index (κ2) is 6.03. The Balaban J connectivity index is 2.93. The van der Waals surface area contributed by atoms with Crippen LogP contribution in [0.2, 0.25) is 0 Å². The maximum atomic E-state index is 11.7. The third-order valence-electron chi connectivity index (χ3n) is 2.07. The molecule has 0 N–H and O–H groups in total. The number of esters is 2. The second-order valence-electron chi connectivity index (χ2n) is 3.35. The van der Waals surface area contributed by atoms with Crippen LogP contribution in [0.15, 0.2) is 12.3 Å². The second-order valence-corrected chi connectivity index (χ2v) is 3.35. The van der Waals surface area contributed by atoms with E-state index in [2.05, 4.69) is 5.10 Å². The summed E-state index contributed by atoms with van der Waals surface area (Å²) in [6.07, 6.45) is 1.65. The van der Waals surface area contributed by atoms with Crippen LogP contribution >= 0.6 is 0 Å². The van der Waals surface area contributed by atoms with Crippen molar-refractivity contribution in [2.75, 3.05) is 13.2 Å². The van der Waals surface area contributed by atoms with Gasteiger partial charge in [0.15, 0.2) is 5.92 Å². The van der Waals surface area contributed by atoms with Crippen molar-refractivity contribution in [3.05, 3.63) is 18.0 Å². The molecule has 0 saturated heterocycles. The molecule has 0 fully saturated rings. The number of hydrogen-bond acceptors (Lipinski definition) is 5. The topological polar surface area (TPSA) is 70.4 Å². The predicted molar refractivity (Wildman–Crippen MR) is 59.2 cm³/mol.